The molecule has 0 amide bonds. The number of unbranched alkanes of at least 4 members (excludes halogenated alkanes) is 1. The standard InChI is InChI=1S/C26H32N2O3/c1-5-19-16-24-23(26(3,4)13-14-31-24)15-20(19)11-12-22-18-27-21(17-28-22)9-7-8-10-25(29)30-6-2/h15-18H,5-10,13-14H2,1-4H3. The Morgan fingerprint density at radius 2 is 2.00 bits per heavy atom. The lowest BCUT2D eigenvalue weighted by molar-refractivity contribution is -0.143. The Labute approximate surface area is 185 Å². The predicted molar refractivity (Wildman–Crippen MR) is 121 cm³/mol. The number of aromatic nitrogens is 2. The number of hydrogen-bond acceptors (Lipinski definition) is 5. The van der Waals surface area contributed by atoms with Crippen LogP contribution in [0.5, 0.6) is 5.75 Å². The summed E-state index contributed by atoms with van der Waals surface area (Å²) in [6.07, 6.45) is 8.32. The van der Waals surface area contributed by atoms with Crippen molar-refractivity contribution in [3.05, 3.63) is 52.6 Å². The normalized spacial score (nSPS) is 14.1. The molecule has 0 unspecified atom stereocenters. The monoisotopic (exact) mass is 420 g/mol. The number of nitrogens with zero attached hydrogens (tertiary/aromatic N) is 2. The fourth-order valence-corrected chi connectivity index (χ4v) is 3.72. The molecule has 0 aliphatic carbocycles. The Morgan fingerprint density at radius 1 is 1.16 bits per heavy atom. The lowest BCUT2D eigenvalue weighted by atomic mass is 9.78. The number of carbonyl (C=O) groups excluding carboxylic acids is 1. The first-order valence-corrected chi connectivity index (χ1v) is 11.2. The van der Waals surface area contributed by atoms with Crippen LogP contribution in [0.15, 0.2) is 24.5 Å². The van der Waals surface area contributed by atoms with Crippen molar-refractivity contribution in [2.75, 3.05) is 13.2 Å². The molecule has 164 valence electrons. The number of fused-ring (bicyclic) bond motifs is 1. The molecule has 0 radical (unpaired) electrons. The summed E-state index contributed by atoms with van der Waals surface area (Å²) in [6.45, 7) is 9.67. The molecule has 1 aliphatic rings. The first-order chi connectivity index (χ1) is 14.9. The molecule has 0 saturated heterocycles. The molecule has 5 nitrogen and oxygen atoms in total. The fraction of sp³-hybridized carbons (Fsp3) is 0.500. The van der Waals surface area contributed by atoms with Gasteiger partial charge in [-0.2, -0.15) is 0 Å². The van der Waals surface area contributed by atoms with Gasteiger partial charge in [0, 0.05) is 23.7 Å². The Kier molecular flexibility index (Phi) is 7.68. The van der Waals surface area contributed by atoms with Crippen molar-refractivity contribution in [3.63, 3.8) is 0 Å². The summed E-state index contributed by atoms with van der Waals surface area (Å²) in [4.78, 5) is 20.3. The zero-order valence-electron chi connectivity index (χ0n) is 19.1. The Bertz CT molecular complexity index is 969. The molecule has 0 spiro atoms. The van der Waals surface area contributed by atoms with Gasteiger partial charge in [-0.25, -0.2) is 4.98 Å². The van der Waals surface area contributed by atoms with Crippen LogP contribution in [0, 0.1) is 11.8 Å². The fourth-order valence-electron chi connectivity index (χ4n) is 3.72. The second kappa shape index (κ2) is 10.4. The molecule has 0 bridgehead atoms. The first kappa shape index (κ1) is 22.8. The van der Waals surface area contributed by atoms with Crippen LogP contribution in [0.25, 0.3) is 0 Å². The van der Waals surface area contributed by atoms with Gasteiger partial charge in [0.2, 0.25) is 0 Å². The smallest absolute Gasteiger partial charge is 0.305 e. The van der Waals surface area contributed by atoms with Crippen LogP contribution in [0.3, 0.4) is 0 Å². The van der Waals surface area contributed by atoms with Gasteiger partial charge < -0.3 is 9.47 Å². The third-order valence-electron chi connectivity index (χ3n) is 5.70. The summed E-state index contributed by atoms with van der Waals surface area (Å²) in [5.41, 5.74) is 5.11. The molecular weight excluding hydrogens is 388 g/mol. The minimum atomic E-state index is -0.136. The van der Waals surface area contributed by atoms with Crippen molar-refractivity contribution in [1.82, 2.24) is 9.97 Å². The van der Waals surface area contributed by atoms with E-state index in [4.69, 9.17) is 9.47 Å². The first-order valence-electron chi connectivity index (χ1n) is 11.2. The molecule has 0 atom stereocenters. The van der Waals surface area contributed by atoms with Crippen LogP contribution < -0.4 is 4.74 Å². The van der Waals surface area contributed by atoms with Crippen LogP contribution in [-0.2, 0) is 27.8 Å². The average Bonchev–Trinajstić information content (AvgIpc) is 2.76. The van der Waals surface area contributed by atoms with E-state index in [0.29, 0.717) is 18.7 Å². The van der Waals surface area contributed by atoms with Gasteiger partial charge >= 0.3 is 5.97 Å². The summed E-state index contributed by atoms with van der Waals surface area (Å²) in [5.74, 6) is 7.33. The van der Waals surface area contributed by atoms with Crippen LogP contribution in [0.2, 0.25) is 0 Å². The highest BCUT2D eigenvalue weighted by Gasteiger charge is 2.29. The molecule has 1 aliphatic heterocycles. The molecule has 0 fully saturated rings. The van der Waals surface area contributed by atoms with Crippen molar-refractivity contribution < 1.29 is 14.3 Å². The van der Waals surface area contributed by atoms with E-state index in [-0.39, 0.29) is 11.4 Å². The van der Waals surface area contributed by atoms with Crippen LogP contribution in [-0.4, -0.2) is 29.2 Å². The summed E-state index contributed by atoms with van der Waals surface area (Å²) in [6, 6.07) is 4.33. The molecule has 1 aromatic heterocycles. The largest absolute Gasteiger partial charge is 0.493 e. The van der Waals surface area contributed by atoms with E-state index in [1.807, 2.05) is 6.92 Å². The number of benzene rings is 1. The molecule has 2 aromatic rings. The second-order valence-corrected chi connectivity index (χ2v) is 8.50. The zero-order chi connectivity index (χ0) is 22.3. The van der Waals surface area contributed by atoms with E-state index < -0.39 is 0 Å². The van der Waals surface area contributed by atoms with Gasteiger partial charge in [-0.15, -0.1) is 0 Å². The van der Waals surface area contributed by atoms with E-state index in [2.05, 4.69) is 54.7 Å². The van der Waals surface area contributed by atoms with Crippen molar-refractivity contribution in [3.8, 4) is 17.6 Å². The minimum Gasteiger partial charge on any atom is -0.493 e. The Morgan fingerprint density at radius 3 is 2.71 bits per heavy atom. The van der Waals surface area contributed by atoms with Crippen LogP contribution >= 0.6 is 0 Å². The molecule has 3 rings (SSSR count). The maximum Gasteiger partial charge on any atom is 0.305 e. The van der Waals surface area contributed by atoms with Crippen molar-refractivity contribution >= 4 is 5.97 Å². The molecule has 31 heavy (non-hydrogen) atoms. The van der Waals surface area contributed by atoms with Gasteiger partial charge in [0.15, 0.2) is 0 Å². The molecule has 1 aromatic carbocycles. The van der Waals surface area contributed by atoms with Gasteiger partial charge in [-0.1, -0.05) is 26.7 Å². The van der Waals surface area contributed by atoms with Gasteiger partial charge in [-0.05, 0) is 68.1 Å². The molecular formula is C26H32N2O3. The second-order valence-electron chi connectivity index (χ2n) is 8.50. The summed E-state index contributed by atoms with van der Waals surface area (Å²) < 4.78 is 10.8. The molecule has 2 heterocycles. The number of esters is 1. The van der Waals surface area contributed by atoms with E-state index in [9.17, 15) is 4.79 Å². The van der Waals surface area contributed by atoms with Crippen LogP contribution in [0.1, 0.15) is 81.5 Å². The highest BCUT2D eigenvalue weighted by molar-refractivity contribution is 5.69. The van der Waals surface area contributed by atoms with Crippen molar-refractivity contribution in [2.24, 2.45) is 0 Å². The molecule has 5 heteroatoms. The number of ether oxygens (including phenoxy) is 2. The highest BCUT2D eigenvalue weighted by atomic mass is 16.5. The third-order valence-corrected chi connectivity index (χ3v) is 5.70. The number of rotatable bonds is 7. The highest BCUT2D eigenvalue weighted by Crippen LogP contribution is 2.39. The lowest BCUT2D eigenvalue weighted by Crippen LogP contribution is -2.27. The van der Waals surface area contributed by atoms with Crippen LogP contribution in [0.4, 0.5) is 0 Å². The molecule has 0 saturated carbocycles. The van der Waals surface area contributed by atoms with E-state index in [0.717, 1.165) is 55.7 Å². The average molecular weight is 421 g/mol. The van der Waals surface area contributed by atoms with Gasteiger partial charge in [-0.3, -0.25) is 9.78 Å². The maximum atomic E-state index is 11.4. The molecule has 0 N–H and O–H groups in total. The van der Waals surface area contributed by atoms with E-state index in [1.165, 1.54) is 11.1 Å². The Hall–Kier alpha value is -2.87. The quantitative estimate of drug-likeness (QED) is 0.367. The summed E-state index contributed by atoms with van der Waals surface area (Å²) in [7, 11) is 0. The van der Waals surface area contributed by atoms with Crippen molar-refractivity contribution in [1.29, 1.82) is 0 Å². The number of hydrogen-bond donors (Lipinski definition) is 0. The van der Waals surface area contributed by atoms with Gasteiger partial charge in [0.25, 0.3) is 0 Å². The third kappa shape index (κ3) is 6.07. The maximum absolute atomic E-state index is 11.4. The van der Waals surface area contributed by atoms with E-state index in [1.54, 1.807) is 12.4 Å². The predicted octanol–water partition coefficient (Wildman–Crippen LogP) is 4.77. The number of carbonyl (C=O) groups is 1. The number of aryl methyl sites for hydroxylation is 2. The van der Waals surface area contributed by atoms with E-state index >= 15 is 0 Å². The lowest BCUT2D eigenvalue weighted by Gasteiger charge is -2.33. The van der Waals surface area contributed by atoms with Gasteiger partial charge in [0.05, 0.1) is 25.1 Å². The zero-order valence-corrected chi connectivity index (χ0v) is 19.1. The summed E-state index contributed by atoms with van der Waals surface area (Å²) in [5, 5.41) is 0. The SMILES string of the molecule is CCOC(=O)CCCCc1cnc(C#Cc2cc3c(cc2CC)OCCC3(C)C)cn1. The van der Waals surface area contributed by atoms with Crippen molar-refractivity contribution in [2.45, 2.75) is 71.6 Å². The minimum absolute atomic E-state index is 0.0883. The topological polar surface area (TPSA) is 61.3 Å². The van der Waals surface area contributed by atoms with Gasteiger partial charge in [0.1, 0.15) is 11.4 Å². The Balaban J connectivity index is 1.66. The summed E-state index contributed by atoms with van der Waals surface area (Å²) >= 11 is 0.